The van der Waals surface area contributed by atoms with Crippen LogP contribution in [0.4, 0.5) is 4.39 Å². The minimum Gasteiger partial charge on any atom is -0.384 e. The molecule has 106 valence electrons. The summed E-state index contributed by atoms with van der Waals surface area (Å²) >= 11 is 1.70. The van der Waals surface area contributed by atoms with Gasteiger partial charge in [-0.2, -0.15) is 11.8 Å². The van der Waals surface area contributed by atoms with Gasteiger partial charge >= 0.3 is 0 Å². The van der Waals surface area contributed by atoms with Gasteiger partial charge in [-0.05, 0) is 43.0 Å². The molecular formula is C14H20FNO2S. The van der Waals surface area contributed by atoms with Crippen molar-refractivity contribution in [2.24, 2.45) is 0 Å². The van der Waals surface area contributed by atoms with Crippen LogP contribution in [0.25, 0.3) is 0 Å². The van der Waals surface area contributed by atoms with Crippen molar-refractivity contribution in [3.8, 4) is 0 Å². The Morgan fingerprint density at radius 1 is 1.42 bits per heavy atom. The molecule has 2 N–H and O–H groups in total. The van der Waals surface area contributed by atoms with E-state index in [1.165, 1.54) is 24.3 Å². The molecule has 0 bridgehead atoms. The number of hydrogen-bond donors (Lipinski definition) is 2. The van der Waals surface area contributed by atoms with Crippen LogP contribution in [-0.2, 0) is 10.4 Å². The smallest absolute Gasteiger partial charge is 0.220 e. The molecule has 1 aromatic rings. The van der Waals surface area contributed by atoms with Crippen LogP contribution < -0.4 is 5.32 Å². The molecule has 0 heterocycles. The van der Waals surface area contributed by atoms with Crippen LogP contribution in [0.2, 0.25) is 0 Å². The van der Waals surface area contributed by atoms with E-state index in [0.29, 0.717) is 12.0 Å². The minimum absolute atomic E-state index is 0.0727. The molecule has 19 heavy (non-hydrogen) atoms. The van der Waals surface area contributed by atoms with Crippen molar-refractivity contribution in [1.29, 1.82) is 0 Å². The molecule has 1 amide bonds. The molecule has 0 saturated carbocycles. The van der Waals surface area contributed by atoms with Crippen LogP contribution in [0.5, 0.6) is 0 Å². The van der Waals surface area contributed by atoms with Crippen molar-refractivity contribution in [3.05, 3.63) is 35.6 Å². The van der Waals surface area contributed by atoms with E-state index in [9.17, 15) is 14.3 Å². The molecule has 0 aliphatic heterocycles. The van der Waals surface area contributed by atoms with Crippen LogP contribution >= 0.6 is 11.8 Å². The lowest BCUT2D eigenvalue weighted by atomic mass is 9.96. The van der Waals surface area contributed by atoms with Crippen molar-refractivity contribution < 1.29 is 14.3 Å². The number of rotatable bonds is 7. The van der Waals surface area contributed by atoms with E-state index >= 15 is 0 Å². The maximum absolute atomic E-state index is 12.8. The topological polar surface area (TPSA) is 49.3 Å². The van der Waals surface area contributed by atoms with E-state index in [2.05, 4.69) is 5.32 Å². The Morgan fingerprint density at radius 3 is 2.63 bits per heavy atom. The molecule has 0 aliphatic carbocycles. The Hall–Kier alpha value is -1.07. The highest BCUT2D eigenvalue weighted by molar-refractivity contribution is 7.98. The molecule has 0 aliphatic rings. The lowest BCUT2D eigenvalue weighted by Gasteiger charge is -2.24. The Balaban J connectivity index is 2.46. The zero-order valence-electron chi connectivity index (χ0n) is 11.3. The summed E-state index contributed by atoms with van der Waals surface area (Å²) in [6.45, 7) is 1.72. The highest BCUT2D eigenvalue weighted by Crippen LogP contribution is 2.19. The summed E-state index contributed by atoms with van der Waals surface area (Å²) in [5.74, 6) is 0.527. The second kappa shape index (κ2) is 7.50. The van der Waals surface area contributed by atoms with E-state index < -0.39 is 5.60 Å². The fourth-order valence-electron chi connectivity index (χ4n) is 1.65. The first-order chi connectivity index (χ1) is 8.95. The van der Waals surface area contributed by atoms with Gasteiger partial charge in [0.1, 0.15) is 11.4 Å². The summed E-state index contributed by atoms with van der Waals surface area (Å²) in [4.78, 5) is 11.6. The number of amides is 1. The predicted molar refractivity (Wildman–Crippen MR) is 76.6 cm³/mol. The van der Waals surface area contributed by atoms with Crippen LogP contribution in [0.1, 0.15) is 25.3 Å². The van der Waals surface area contributed by atoms with E-state index in [0.717, 1.165) is 12.2 Å². The largest absolute Gasteiger partial charge is 0.384 e. The summed E-state index contributed by atoms with van der Waals surface area (Å²) in [6, 6.07) is 5.64. The van der Waals surface area contributed by atoms with Crippen LogP contribution in [-0.4, -0.2) is 29.6 Å². The van der Waals surface area contributed by atoms with Crippen molar-refractivity contribution in [1.82, 2.24) is 5.32 Å². The van der Waals surface area contributed by atoms with E-state index in [1.807, 2.05) is 6.26 Å². The summed E-state index contributed by atoms with van der Waals surface area (Å²) in [5, 5.41) is 13.0. The van der Waals surface area contributed by atoms with Gasteiger partial charge in [0.25, 0.3) is 0 Å². The first-order valence-electron chi connectivity index (χ1n) is 6.20. The highest BCUT2D eigenvalue weighted by atomic mass is 32.2. The van der Waals surface area contributed by atoms with Crippen molar-refractivity contribution in [2.75, 3.05) is 18.6 Å². The molecule has 3 nitrogen and oxygen atoms in total. The molecule has 5 heteroatoms. The highest BCUT2D eigenvalue weighted by Gasteiger charge is 2.23. The number of hydrogen-bond acceptors (Lipinski definition) is 3. The average molecular weight is 285 g/mol. The number of nitrogens with one attached hydrogen (secondary N) is 1. The molecule has 1 unspecified atom stereocenters. The number of carbonyl (C=O) groups is 1. The summed E-state index contributed by atoms with van der Waals surface area (Å²) < 4.78 is 12.8. The van der Waals surface area contributed by atoms with Gasteiger partial charge < -0.3 is 10.4 Å². The van der Waals surface area contributed by atoms with E-state index in [1.54, 1.807) is 18.7 Å². The third-order valence-corrected chi connectivity index (χ3v) is 3.55. The van der Waals surface area contributed by atoms with Crippen molar-refractivity contribution in [3.63, 3.8) is 0 Å². The number of halogens is 1. The van der Waals surface area contributed by atoms with Crippen molar-refractivity contribution >= 4 is 17.7 Å². The molecule has 0 spiro atoms. The quantitative estimate of drug-likeness (QED) is 0.756. The molecule has 0 fully saturated rings. The van der Waals surface area contributed by atoms with Gasteiger partial charge in [-0.3, -0.25) is 4.79 Å². The maximum Gasteiger partial charge on any atom is 0.220 e. The first kappa shape index (κ1) is 16.0. The summed E-state index contributed by atoms with van der Waals surface area (Å²) in [5.41, 5.74) is -0.610. The van der Waals surface area contributed by atoms with Crippen molar-refractivity contribution in [2.45, 2.75) is 25.4 Å². The molecule has 0 radical (unpaired) electrons. The number of aliphatic hydroxyl groups is 1. The van der Waals surface area contributed by atoms with E-state index in [-0.39, 0.29) is 18.3 Å². The number of benzene rings is 1. The van der Waals surface area contributed by atoms with Gasteiger partial charge in [0, 0.05) is 6.42 Å². The predicted octanol–water partition coefficient (Wildman–Crippen LogP) is 2.29. The van der Waals surface area contributed by atoms with Gasteiger partial charge in [0.05, 0.1) is 6.54 Å². The lowest BCUT2D eigenvalue weighted by Crippen LogP contribution is -2.38. The Morgan fingerprint density at radius 2 is 2.05 bits per heavy atom. The lowest BCUT2D eigenvalue weighted by molar-refractivity contribution is -0.122. The first-order valence-corrected chi connectivity index (χ1v) is 7.59. The van der Waals surface area contributed by atoms with Gasteiger partial charge in [-0.15, -0.1) is 0 Å². The van der Waals surface area contributed by atoms with Crippen LogP contribution in [0.15, 0.2) is 24.3 Å². The molecule has 0 aromatic heterocycles. The summed E-state index contributed by atoms with van der Waals surface area (Å²) in [7, 11) is 0. The monoisotopic (exact) mass is 285 g/mol. The molecule has 1 rings (SSSR count). The normalized spacial score (nSPS) is 13.9. The van der Waals surface area contributed by atoms with Gasteiger partial charge in [0.15, 0.2) is 0 Å². The molecular weight excluding hydrogens is 265 g/mol. The van der Waals surface area contributed by atoms with Gasteiger partial charge in [0.2, 0.25) is 5.91 Å². The Kier molecular flexibility index (Phi) is 6.31. The third kappa shape index (κ3) is 5.61. The maximum atomic E-state index is 12.8. The minimum atomic E-state index is -1.19. The Bertz CT molecular complexity index is 406. The zero-order valence-corrected chi connectivity index (χ0v) is 12.1. The standard InChI is InChI=1S/C14H20FNO2S/c1-14(18,11-5-7-12(15)8-6-11)10-16-13(17)4-3-9-19-2/h5-8,18H,3-4,9-10H2,1-2H3,(H,16,17). The molecule has 1 aromatic carbocycles. The third-order valence-electron chi connectivity index (χ3n) is 2.85. The second-order valence-electron chi connectivity index (χ2n) is 4.65. The molecule has 1 atom stereocenters. The second-order valence-corrected chi connectivity index (χ2v) is 5.64. The fourth-order valence-corrected chi connectivity index (χ4v) is 2.08. The van der Waals surface area contributed by atoms with Crippen LogP contribution in [0, 0.1) is 5.82 Å². The zero-order chi connectivity index (χ0) is 14.3. The SMILES string of the molecule is CSCCCC(=O)NCC(C)(O)c1ccc(F)cc1. The van der Waals surface area contributed by atoms with Gasteiger partial charge in [-0.1, -0.05) is 12.1 Å². The fraction of sp³-hybridized carbons (Fsp3) is 0.500. The number of carbonyl (C=O) groups excluding carboxylic acids is 1. The Labute approximate surface area is 117 Å². The van der Waals surface area contributed by atoms with Crippen LogP contribution in [0.3, 0.4) is 0 Å². The average Bonchev–Trinajstić information content (AvgIpc) is 2.37. The van der Waals surface area contributed by atoms with E-state index in [4.69, 9.17) is 0 Å². The number of thioether (sulfide) groups is 1. The van der Waals surface area contributed by atoms with Gasteiger partial charge in [-0.25, -0.2) is 4.39 Å². The summed E-state index contributed by atoms with van der Waals surface area (Å²) in [6.07, 6.45) is 3.28. The molecule has 0 saturated heterocycles.